The van der Waals surface area contributed by atoms with E-state index in [1.807, 2.05) is 0 Å². The van der Waals surface area contributed by atoms with Crippen LogP contribution in [0.3, 0.4) is 0 Å². The van der Waals surface area contributed by atoms with Crippen LogP contribution in [0.4, 0.5) is 5.82 Å². The van der Waals surface area contributed by atoms with Crippen LogP contribution in [0.1, 0.15) is 0 Å². The third kappa shape index (κ3) is 5.11. The Kier molecular flexibility index (Phi) is 7.89. The number of hydrogen-bond acceptors (Lipinski definition) is 10. The molecule has 12 nitrogen and oxygen atoms in total. The molecule has 3 heterocycles. The van der Waals surface area contributed by atoms with E-state index in [0.717, 1.165) is 0 Å². The number of aliphatic hydroxyl groups is 1. The second-order valence-electron chi connectivity index (χ2n) is 6.03. The largest absolute Gasteiger partial charge is 1.00 e. The molecule has 32 heavy (non-hydrogen) atoms. The van der Waals surface area contributed by atoms with Gasteiger partial charge in [0.2, 0.25) is 0 Å². The van der Waals surface area contributed by atoms with Crippen LogP contribution < -0.4 is 43.8 Å². The Morgan fingerprint density at radius 3 is 2.66 bits per heavy atom. The molecule has 0 fully saturated rings. The van der Waals surface area contributed by atoms with Gasteiger partial charge in [-0.2, -0.15) is 0 Å². The van der Waals surface area contributed by atoms with Gasteiger partial charge in [0.15, 0.2) is 23.1 Å². The molecule has 0 saturated carbocycles. The molecular formula is C19H17N8NaO4. The van der Waals surface area contributed by atoms with Crippen molar-refractivity contribution in [3.63, 3.8) is 0 Å². The maximum Gasteiger partial charge on any atom is 1.00 e. The van der Waals surface area contributed by atoms with Crippen LogP contribution in [0.5, 0.6) is 23.1 Å². The van der Waals surface area contributed by atoms with Crippen molar-refractivity contribution in [1.82, 2.24) is 35.6 Å². The van der Waals surface area contributed by atoms with Gasteiger partial charge in [0.05, 0.1) is 19.5 Å². The van der Waals surface area contributed by atoms with E-state index in [2.05, 4.69) is 35.6 Å². The zero-order valence-corrected chi connectivity index (χ0v) is 19.3. The molecule has 3 aromatic heterocycles. The minimum Gasteiger partial charge on any atom is -0.493 e. The second kappa shape index (κ2) is 10.8. The Hall–Kier alpha value is -3.32. The average Bonchev–Trinajstić information content (AvgIpc) is 3.35. The predicted molar refractivity (Wildman–Crippen MR) is 108 cm³/mol. The number of nitrogens with zero attached hydrogens (tertiary/aromatic N) is 6. The third-order valence-electron chi connectivity index (χ3n) is 4.05. The van der Waals surface area contributed by atoms with Crippen LogP contribution in [0.15, 0.2) is 42.6 Å². The Bertz CT molecular complexity index is 1180. The van der Waals surface area contributed by atoms with E-state index >= 15 is 0 Å². The molecule has 158 valence electrons. The van der Waals surface area contributed by atoms with E-state index in [1.165, 1.54) is 7.11 Å². The second-order valence-corrected chi connectivity index (χ2v) is 6.03. The van der Waals surface area contributed by atoms with Crippen LogP contribution in [-0.2, 0) is 0 Å². The molecule has 0 amide bonds. The van der Waals surface area contributed by atoms with Crippen molar-refractivity contribution in [2.75, 3.05) is 20.3 Å². The normalized spacial score (nSPS) is 10.3. The minimum atomic E-state index is -0.237. The Labute approximate surface area is 204 Å². The summed E-state index contributed by atoms with van der Waals surface area (Å²) in [6, 6.07) is 10.3. The van der Waals surface area contributed by atoms with E-state index in [-0.39, 0.29) is 66.0 Å². The molecule has 0 unspecified atom stereocenters. The number of pyridine rings is 1. The number of nitrogens with one attached hydrogen (secondary N) is 2. The molecule has 13 heteroatoms. The summed E-state index contributed by atoms with van der Waals surface area (Å²) in [5.41, 5.74) is 9.43. The number of ether oxygens (including phenoxy) is 3. The third-order valence-corrected chi connectivity index (χ3v) is 4.05. The minimum absolute atomic E-state index is 0. The summed E-state index contributed by atoms with van der Waals surface area (Å²) < 4.78 is 16.7. The molecule has 0 bridgehead atoms. The number of methoxy groups -OCH3 is 1. The van der Waals surface area contributed by atoms with Crippen LogP contribution >= 0.6 is 0 Å². The number of para-hydroxylation sites is 2. The van der Waals surface area contributed by atoms with Gasteiger partial charge in [-0.3, -0.25) is 4.98 Å². The molecular weight excluding hydrogens is 427 g/mol. The van der Waals surface area contributed by atoms with Crippen LogP contribution in [0, 0.1) is 0 Å². The maximum absolute atomic E-state index is 9.18. The van der Waals surface area contributed by atoms with Crippen molar-refractivity contribution in [2.24, 2.45) is 0 Å². The molecule has 0 spiro atoms. The first kappa shape index (κ1) is 23.3. The van der Waals surface area contributed by atoms with Gasteiger partial charge in [0.1, 0.15) is 12.3 Å². The van der Waals surface area contributed by atoms with Gasteiger partial charge in [0, 0.05) is 11.8 Å². The number of rotatable bonds is 8. The smallest absolute Gasteiger partial charge is 0.493 e. The van der Waals surface area contributed by atoms with Crippen molar-refractivity contribution in [3.05, 3.63) is 48.3 Å². The molecule has 0 saturated heterocycles. The fraction of sp³-hybridized carbons (Fsp3) is 0.158. The van der Waals surface area contributed by atoms with E-state index in [9.17, 15) is 5.11 Å². The van der Waals surface area contributed by atoms with Gasteiger partial charge in [-0.25, -0.2) is 10.1 Å². The fourth-order valence-electron chi connectivity index (χ4n) is 2.67. The maximum atomic E-state index is 9.18. The van der Waals surface area contributed by atoms with Crippen LogP contribution in [0.25, 0.3) is 28.6 Å². The molecule has 0 aliphatic heterocycles. The van der Waals surface area contributed by atoms with Crippen LogP contribution in [0.2, 0.25) is 0 Å². The van der Waals surface area contributed by atoms with Crippen molar-refractivity contribution < 1.29 is 48.9 Å². The van der Waals surface area contributed by atoms with E-state index in [0.29, 0.717) is 28.6 Å². The standard InChI is InChI=1S/C19H17N8O4.Na/c1-29-13-4-2-3-5-14(13)31-15-16(20)22-17(23-19(15)30-9-8-28)11-6-7-21-12(10-11)18-24-26-27-25-18;/h2-7,10,28H,8-9H2,1H3,(H2-,20,22,23,24,25,26,27);/q-1;+1. The zero-order chi connectivity index (χ0) is 21.6. The van der Waals surface area contributed by atoms with Gasteiger partial charge in [-0.1, -0.05) is 12.1 Å². The first-order valence-corrected chi connectivity index (χ1v) is 9.08. The Morgan fingerprint density at radius 2 is 1.94 bits per heavy atom. The fourth-order valence-corrected chi connectivity index (χ4v) is 2.67. The van der Waals surface area contributed by atoms with Gasteiger partial charge in [-0.05, 0) is 40.5 Å². The number of aromatic nitrogens is 7. The average molecular weight is 444 g/mol. The SMILES string of the molecule is COc1ccccc1Oc1c([NH-])nc(-c2ccnc(-c3nnn[nH]3)c2)nc1OCCO.[Na+]. The van der Waals surface area contributed by atoms with Gasteiger partial charge < -0.3 is 30.0 Å². The quantitative estimate of drug-likeness (QED) is 0.341. The molecule has 1 aromatic carbocycles. The molecule has 3 N–H and O–H groups in total. The molecule has 4 aromatic rings. The number of H-pyrrole nitrogens is 1. The number of aromatic amines is 1. The van der Waals surface area contributed by atoms with Crippen molar-refractivity contribution in [1.29, 1.82) is 0 Å². The molecule has 0 radical (unpaired) electrons. The Morgan fingerprint density at radius 1 is 1.12 bits per heavy atom. The topological polar surface area (TPSA) is 165 Å². The van der Waals surface area contributed by atoms with E-state index in [4.69, 9.17) is 19.9 Å². The van der Waals surface area contributed by atoms with Crippen molar-refractivity contribution in [2.45, 2.75) is 0 Å². The summed E-state index contributed by atoms with van der Waals surface area (Å²) in [4.78, 5) is 12.9. The molecule has 0 atom stereocenters. The molecule has 0 aliphatic carbocycles. The van der Waals surface area contributed by atoms with E-state index < -0.39 is 0 Å². The number of benzene rings is 1. The zero-order valence-electron chi connectivity index (χ0n) is 17.3. The molecule has 4 rings (SSSR count). The first-order valence-electron chi connectivity index (χ1n) is 9.08. The Balaban J connectivity index is 0.00000289. The van der Waals surface area contributed by atoms with Crippen molar-refractivity contribution >= 4 is 5.82 Å². The van der Waals surface area contributed by atoms with E-state index in [1.54, 1.807) is 42.6 Å². The van der Waals surface area contributed by atoms with Crippen molar-refractivity contribution in [3.8, 4) is 46.0 Å². The number of hydrogen-bond donors (Lipinski definition) is 2. The summed E-state index contributed by atoms with van der Waals surface area (Å²) in [7, 11) is 1.51. The summed E-state index contributed by atoms with van der Waals surface area (Å²) in [5, 5.41) is 22.7. The van der Waals surface area contributed by atoms with Gasteiger partial charge in [-0.15, -0.1) is 5.10 Å². The summed E-state index contributed by atoms with van der Waals surface area (Å²) in [5.74, 6) is 1.22. The predicted octanol–water partition coefficient (Wildman–Crippen LogP) is -0.422. The summed E-state index contributed by atoms with van der Waals surface area (Å²) in [6.07, 6.45) is 1.55. The molecule has 0 aliphatic rings. The number of aliphatic hydroxyl groups excluding tert-OH is 1. The summed E-state index contributed by atoms with van der Waals surface area (Å²) >= 11 is 0. The monoisotopic (exact) mass is 444 g/mol. The number of tetrazole rings is 1. The van der Waals surface area contributed by atoms with Gasteiger partial charge in [0.25, 0.3) is 5.88 Å². The first-order chi connectivity index (χ1) is 15.2. The van der Waals surface area contributed by atoms with Crippen LogP contribution in [-0.4, -0.2) is 61.0 Å². The van der Waals surface area contributed by atoms with Gasteiger partial charge >= 0.3 is 29.6 Å². The summed E-state index contributed by atoms with van der Waals surface area (Å²) in [6.45, 7) is -0.276.